The fraction of sp³-hybridized carbons (Fsp3) is 0.467. The summed E-state index contributed by atoms with van der Waals surface area (Å²) in [5.41, 5.74) is 0. The second-order valence-electron chi connectivity index (χ2n) is 5.92. The molecule has 2 bridgehead atoms. The van der Waals surface area contributed by atoms with E-state index in [0.717, 1.165) is 0 Å². The molecule has 2 N–H and O–H groups in total. The highest BCUT2D eigenvalue weighted by atomic mass is 32.1. The number of aromatic nitrogens is 3. The molecule has 0 spiro atoms. The zero-order valence-electron chi connectivity index (χ0n) is 12.7. The van der Waals surface area contributed by atoms with Crippen molar-refractivity contribution in [3.05, 3.63) is 35.8 Å². The van der Waals surface area contributed by atoms with Gasteiger partial charge >= 0.3 is 0 Å². The van der Waals surface area contributed by atoms with Crippen LogP contribution in [-0.2, 0) is 16.0 Å². The Labute approximate surface area is 142 Å². The Morgan fingerprint density at radius 1 is 1.50 bits per heavy atom. The van der Waals surface area contributed by atoms with Crippen LogP contribution >= 0.6 is 12.2 Å². The van der Waals surface area contributed by atoms with Crippen LogP contribution in [0.3, 0.4) is 0 Å². The Morgan fingerprint density at radius 3 is 3.04 bits per heavy atom. The molecule has 0 amide bonds. The lowest BCUT2D eigenvalue weighted by Gasteiger charge is -2.36. The predicted octanol–water partition coefficient (Wildman–Crippen LogP) is 1.23. The van der Waals surface area contributed by atoms with Crippen LogP contribution in [0, 0.1) is 4.77 Å². The van der Waals surface area contributed by atoms with Crippen molar-refractivity contribution in [2.75, 3.05) is 6.61 Å². The van der Waals surface area contributed by atoms with Gasteiger partial charge in [-0.3, -0.25) is 4.57 Å². The molecule has 4 rings (SSSR count). The second-order valence-corrected chi connectivity index (χ2v) is 6.28. The first-order valence-corrected chi connectivity index (χ1v) is 7.98. The summed E-state index contributed by atoms with van der Waals surface area (Å²) in [6.07, 6.45) is 1.90. The molecule has 2 aliphatic heterocycles. The van der Waals surface area contributed by atoms with Crippen molar-refractivity contribution in [2.24, 2.45) is 0 Å². The Hall–Kier alpha value is -1.78. The van der Waals surface area contributed by atoms with E-state index in [0.29, 0.717) is 22.9 Å². The van der Waals surface area contributed by atoms with E-state index in [2.05, 4.69) is 11.7 Å². The van der Waals surface area contributed by atoms with Crippen molar-refractivity contribution in [1.82, 2.24) is 14.3 Å². The minimum Gasteiger partial charge on any atom is -0.461 e. The van der Waals surface area contributed by atoms with Gasteiger partial charge in [-0.1, -0.05) is 6.08 Å². The summed E-state index contributed by atoms with van der Waals surface area (Å²) >= 11 is 5.54. The predicted molar refractivity (Wildman–Crippen MR) is 84.4 cm³/mol. The topological polar surface area (TPSA) is 94.8 Å². The molecule has 2 aromatic rings. The number of aliphatic hydroxyl groups is 2. The number of rotatable bonds is 4. The Kier molecular flexibility index (Phi) is 3.70. The zero-order chi connectivity index (χ0) is 16.9. The monoisotopic (exact) mass is 351 g/mol. The number of hydrogen-bond donors (Lipinski definition) is 2. The van der Waals surface area contributed by atoms with Crippen molar-refractivity contribution in [3.8, 4) is 11.6 Å². The maximum absolute atomic E-state index is 10.1. The summed E-state index contributed by atoms with van der Waals surface area (Å²) in [5.74, 6) is -0.967. The van der Waals surface area contributed by atoms with E-state index >= 15 is 0 Å². The summed E-state index contributed by atoms with van der Waals surface area (Å²) < 4.78 is 20.1. The van der Waals surface area contributed by atoms with Crippen LogP contribution in [0.15, 0.2) is 35.5 Å². The number of nitrogens with zero attached hydrogens (tertiary/aromatic N) is 3. The van der Waals surface area contributed by atoms with Crippen molar-refractivity contribution < 1.29 is 24.1 Å². The molecular weight excluding hydrogens is 334 g/mol. The van der Waals surface area contributed by atoms with Crippen LogP contribution in [0.5, 0.6) is 0 Å². The van der Waals surface area contributed by atoms with Crippen LogP contribution in [0.1, 0.15) is 12.5 Å². The molecule has 0 aliphatic carbocycles. The van der Waals surface area contributed by atoms with Gasteiger partial charge in [-0.05, 0) is 24.4 Å². The molecule has 2 aliphatic rings. The van der Waals surface area contributed by atoms with E-state index < -0.39 is 18.1 Å². The van der Waals surface area contributed by atoms with E-state index in [4.69, 9.17) is 26.1 Å². The van der Waals surface area contributed by atoms with Crippen LogP contribution in [-0.4, -0.2) is 49.3 Å². The van der Waals surface area contributed by atoms with Gasteiger partial charge in [-0.15, -0.1) is 11.7 Å². The van der Waals surface area contributed by atoms with Crippen LogP contribution in [0.2, 0.25) is 0 Å². The smallest absolute Gasteiger partial charge is 0.217 e. The van der Waals surface area contributed by atoms with E-state index in [9.17, 15) is 10.2 Å². The molecule has 4 heterocycles. The quantitative estimate of drug-likeness (QED) is 0.486. The number of fused-ring (bicyclic) bond motifs is 2. The van der Waals surface area contributed by atoms with Gasteiger partial charge in [0, 0.05) is 13.0 Å². The highest BCUT2D eigenvalue weighted by molar-refractivity contribution is 7.71. The van der Waals surface area contributed by atoms with Crippen molar-refractivity contribution >= 4 is 12.2 Å². The third-order valence-electron chi connectivity index (χ3n) is 4.28. The molecule has 0 radical (unpaired) electrons. The number of ether oxygens (including phenoxy) is 2. The van der Waals surface area contributed by atoms with Crippen molar-refractivity contribution in [1.29, 1.82) is 0 Å². The Morgan fingerprint density at radius 2 is 2.33 bits per heavy atom. The summed E-state index contributed by atoms with van der Waals surface area (Å²) in [6.45, 7) is 4.45. The van der Waals surface area contributed by atoms with Gasteiger partial charge in [-0.2, -0.15) is 0 Å². The summed E-state index contributed by atoms with van der Waals surface area (Å²) in [5, 5.41) is 24.8. The van der Waals surface area contributed by atoms with E-state index in [1.807, 2.05) is 0 Å². The Balaban J connectivity index is 1.80. The fourth-order valence-electron chi connectivity index (χ4n) is 3.15. The average Bonchev–Trinajstić information content (AvgIpc) is 3.25. The van der Waals surface area contributed by atoms with E-state index in [1.165, 1.54) is 0 Å². The number of hydrogen-bond acceptors (Lipinski definition) is 7. The average molecular weight is 351 g/mol. The molecule has 128 valence electrons. The number of furan rings is 1. The van der Waals surface area contributed by atoms with Crippen LogP contribution < -0.4 is 0 Å². The number of allylic oxidation sites excluding steroid dienone is 1. The lowest BCUT2D eigenvalue weighted by atomic mass is 9.99. The molecule has 24 heavy (non-hydrogen) atoms. The minimum absolute atomic E-state index is 0.0132. The highest BCUT2D eigenvalue weighted by Crippen LogP contribution is 2.40. The third kappa shape index (κ3) is 2.36. The van der Waals surface area contributed by atoms with Crippen molar-refractivity contribution in [3.63, 3.8) is 0 Å². The summed E-state index contributed by atoms with van der Waals surface area (Å²) in [7, 11) is 0. The van der Waals surface area contributed by atoms with Gasteiger partial charge in [0.1, 0.15) is 6.10 Å². The largest absolute Gasteiger partial charge is 0.461 e. The molecule has 8 nitrogen and oxygen atoms in total. The lowest BCUT2D eigenvalue weighted by molar-refractivity contribution is -0.315. The lowest BCUT2D eigenvalue weighted by Crippen LogP contribution is -2.50. The SMILES string of the molecule is C=CCn1c(-c2ccco2)nn([C@@H]2CC(O)(O)[C@H]3OC[C@@H]2O3)c1=S. The van der Waals surface area contributed by atoms with Gasteiger partial charge < -0.3 is 24.1 Å². The standard InChI is InChI=1S/C15H17N3O5S/c1-2-5-17-12(10-4-3-6-21-10)16-18(14(17)24)9-7-15(19,20)13-22-8-11(9)23-13/h2-4,6,9,11,13,19-20H,1,5,7-8H2/t9-,11+,13+/m1/s1. The first-order chi connectivity index (χ1) is 11.5. The molecule has 2 aromatic heterocycles. The molecule has 0 unspecified atom stereocenters. The van der Waals surface area contributed by atoms with Gasteiger partial charge in [0.25, 0.3) is 0 Å². The molecule has 0 saturated carbocycles. The second kappa shape index (κ2) is 5.64. The molecule has 0 aromatic carbocycles. The molecule has 9 heteroatoms. The van der Waals surface area contributed by atoms with Crippen LogP contribution in [0.25, 0.3) is 11.6 Å². The van der Waals surface area contributed by atoms with Gasteiger partial charge in [-0.25, -0.2) is 4.68 Å². The van der Waals surface area contributed by atoms with E-state index in [1.54, 1.807) is 33.7 Å². The van der Waals surface area contributed by atoms with Crippen LogP contribution in [0.4, 0.5) is 0 Å². The molecule has 3 atom stereocenters. The summed E-state index contributed by atoms with van der Waals surface area (Å²) in [4.78, 5) is 0. The Bertz CT molecular complexity index is 810. The molecule has 2 saturated heterocycles. The van der Waals surface area contributed by atoms with E-state index in [-0.39, 0.29) is 19.1 Å². The highest BCUT2D eigenvalue weighted by Gasteiger charge is 2.53. The fourth-order valence-corrected chi connectivity index (χ4v) is 3.49. The molecular formula is C15H17N3O5S. The first-order valence-electron chi connectivity index (χ1n) is 7.57. The maximum atomic E-state index is 10.1. The van der Waals surface area contributed by atoms with Gasteiger partial charge in [0.05, 0.1) is 18.9 Å². The van der Waals surface area contributed by atoms with Crippen molar-refractivity contribution in [2.45, 2.75) is 37.2 Å². The minimum atomic E-state index is -2.08. The summed E-state index contributed by atoms with van der Waals surface area (Å²) in [6, 6.07) is 3.10. The zero-order valence-corrected chi connectivity index (χ0v) is 13.6. The third-order valence-corrected chi connectivity index (χ3v) is 4.69. The van der Waals surface area contributed by atoms with Gasteiger partial charge in [0.15, 0.2) is 16.4 Å². The molecule has 2 fully saturated rings. The first kappa shape index (κ1) is 15.7. The van der Waals surface area contributed by atoms with Gasteiger partial charge in [0.2, 0.25) is 12.1 Å². The maximum Gasteiger partial charge on any atom is 0.217 e. The normalized spacial score (nSPS) is 28.2.